The zero-order valence-corrected chi connectivity index (χ0v) is 26.0. The first-order chi connectivity index (χ1) is 22.7. The second kappa shape index (κ2) is 13.8. The van der Waals surface area contributed by atoms with E-state index in [0.717, 1.165) is 97.4 Å². The number of para-hydroxylation sites is 4. The molecule has 1 saturated heterocycles. The van der Waals surface area contributed by atoms with Gasteiger partial charge in [0.25, 0.3) is 0 Å². The molecule has 7 rings (SSSR count). The molecule has 3 heterocycles. The average molecular weight is 617 g/mol. The molecule has 4 aromatic carbocycles. The molecule has 0 aliphatic carbocycles. The Morgan fingerprint density at radius 3 is 1.15 bits per heavy atom. The van der Waals surface area contributed by atoms with Crippen LogP contribution in [0.15, 0.2) is 97.1 Å². The minimum atomic E-state index is -0.363. The smallest absolute Gasteiger partial charge is 0.232 e. The molecule has 3 aliphatic rings. The number of nitrogens with one attached hydrogen (secondary N) is 2. The molecule has 0 atom stereocenters. The number of hydrogen-bond acceptors (Lipinski definition) is 6. The highest BCUT2D eigenvalue weighted by molar-refractivity contribution is 5.90. The van der Waals surface area contributed by atoms with Crippen LogP contribution < -0.4 is 20.1 Å². The van der Waals surface area contributed by atoms with E-state index in [-0.39, 0.29) is 23.7 Å². The first-order valence-corrected chi connectivity index (χ1v) is 16.4. The zero-order valence-electron chi connectivity index (χ0n) is 26.0. The zero-order chi connectivity index (χ0) is 31.3. The molecule has 8 heteroatoms. The fourth-order valence-corrected chi connectivity index (χ4v) is 6.85. The number of amides is 2. The topological polar surface area (TPSA) is 83.1 Å². The summed E-state index contributed by atoms with van der Waals surface area (Å²) in [6.07, 6.45) is 1.81. The summed E-state index contributed by atoms with van der Waals surface area (Å²) in [6.45, 7) is 7.24. The number of fused-ring (bicyclic) bond motifs is 4. The molecule has 1 fully saturated rings. The summed E-state index contributed by atoms with van der Waals surface area (Å²) in [7, 11) is 0. The fourth-order valence-electron chi connectivity index (χ4n) is 6.85. The summed E-state index contributed by atoms with van der Waals surface area (Å²) >= 11 is 0. The highest BCUT2D eigenvalue weighted by atomic mass is 16.5. The molecular formula is C38H40N4O4. The SMILES string of the molecule is O=C(NCCCN1CCN(CCCNC(=O)C2c3ccccc3Oc3ccccc32)CC1)C1c2ccccc2Oc2ccccc21. The lowest BCUT2D eigenvalue weighted by atomic mass is 9.87. The molecule has 0 radical (unpaired) electrons. The van der Waals surface area contributed by atoms with Crippen LogP contribution in [0.25, 0.3) is 0 Å². The largest absolute Gasteiger partial charge is 0.457 e. The van der Waals surface area contributed by atoms with E-state index in [0.29, 0.717) is 13.1 Å². The predicted molar refractivity (Wildman–Crippen MR) is 178 cm³/mol. The van der Waals surface area contributed by atoms with Gasteiger partial charge in [0.15, 0.2) is 0 Å². The third-order valence-electron chi connectivity index (χ3n) is 9.25. The summed E-state index contributed by atoms with van der Waals surface area (Å²) in [6, 6.07) is 31.2. The maximum atomic E-state index is 13.4. The summed E-state index contributed by atoms with van der Waals surface area (Å²) in [5.41, 5.74) is 3.64. The molecule has 2 amide bonds. The van der Waals surface area contributed by atoms with Crippen LogP contribution in [0, 0.1) is 0 Å². The molecule has 46 heavy (non-hydrogen) atoms. The van der Waals surface area contributed by atoms with Gasteiger partial charge < -0.3 is 29.9 Å². The number of carbonyl (C=O) groups is 2. The van der Waals surface area contributed by atoms with Gasteiger partial charge in [0.1, 0.15) is 23.0 Å². The van der Waals surface area contributed by atoms with Crippen molar-refractivity contribution in [3.05, 3.63) is 119 Å². The number of rotatable bonds is 10. The van der Waals surface area contributed by atoms with Crippen molar-refractivity contribution >= 4 is 11.8 Å². The van der Waals surface area contributed by atoms with E-state index in [1.165, 1.54) is 0 Å². The number of ether oxygens (including phenoxy) is 2. The number of hydrogen-bond donors (Lipinski definition) is 2. The van der Waals surface area contributed by atoms with Gasteiger partial charge in [-0.1, -0.05) is 72.8 Å². The molecule has 236 valence electrons. The van der Waals surface area contributed by atoms with Crippen molar-refractivity contribution < 1.29 is 19.1 Å². The van der Waals surface area contributed by atoms with Gasteiger partial charge in [-0.2, -0.15) is 0 Å². The summed E-state index contributed by atoms with van der Waals surface area (Å²) < 4.78 is 12.1. The quantitative estimate of drug-likeness (QED) is 0.229. The molecule has 0 spiro atoms. The first-order valence-electron chi connectivity index (χ1n) is 16.4. The Hall–Kier alpha value is -4.66. The Kier molecular flexibility index (Phi) is 8.98. The second-order valence-electron chi connectivity index (χ2n) is 12.2. The van der Waals surface area contributed by atoms with E-state index in [9.17, 15) is 9.59 Å². The van der Waals surface area contributed by atoms with Crippen molar-refractivity contribution in [3.8, 4) is 23.0 Å². The van der Waals surface area contributed by atoms with Crippen LogP contribution in [-0.4, -0.2) is 74.0 Å². The summed E-state index contributed by atoms with van der Waals surface area (Å²) in [4.78, 5) is 31.7. The minimum absolute atomic E-state index is 0.0188. The van der Waals surface area contributed by atoms with Crippen LogP contribution >= 0.6 is 0 Å². The summed E-state index contributed by atoms with van der Waals surface area (Å²) in [5.74, 6) is 2.30. The van der Waals surface area contributed by atoms with Crippen LogP contribution in [0.1, 0.15) is 46.9 Å². The van der Waals surface area contributed by atoms with Gasteiger partial charge in [-0.25, -0.2) is 0 Å². The molecule has 8 nitrogen and oxygen atoms in total. The first kappa shape index (κ1) is 30.0. The number of carbonyl (C=O) groups excluding carboxylic acids is 2. The van der Waals surface area contributed by atoms with Crippen LogP contribution in [0.2, 0.25) is 0 Å². The molecule has 0 bridgehead atoms. The predicted octanol–water partition coefficient (Wildman–Crippen LogP) is 5.49. The lowest BCUT2D eigenvalue weighted by Crippen LogP contribution is -2.47. The number of benzene rings is 4. The Bertz CT molecular complexity index is 1480. The van der Waals surface area contributed by atoms with Crippen LogP contribution in [0.5, 0.6) is 23.0 Å². The molecule has 3 aliphatic heterocycles. The van der Waals surface area contributed by atoms with Gasteiger partial charge in [-0.05, 0) is 50.2 Å². The Morgan fingerprint density at radius 1 is 0.522 bits per heavy atom. The van der Waals surface area contributed by atoms with Gasteiger partial charge in [0, 0.05) is 61.5 Å². The third-order valence-corrected chi connectivity index (χ3v) is 9.25. The molecule has 2 N–H and O–H groups in total. The van der Waals surface area contributed by atoms with E-state index in [1.54, 1.807) is 0 Å². The van der Waals surface area contributed by atoms with E-state index in [4.69, 9.17) is 9.47 Å². The minimum Gasteiger partial charge on any atom is -0.457 e. The van der Waals surface area contributed by atoms with Crippen molar-refractivity contribution in [2.24, 2.45) is 0 Å². The van der Waals surface area contributed by atoms with Gasteiger partial charge in [0.2, 0.25) is 11.8 Å². The van der Waals surface area contributed by atoms with E-state index in [2.05, 4.69) is 20.4 Å². The Balaban J connectivity index is 0.821. The average Bonchev–Trinajstić information content (AvgIpc) is 3.10. The lowest BCUT2D eigenvalue weighted by molar-refractivity contribution is -0.122. The number of piperazine rings is 1. The highest BCUT2D eigenvalue weighted by Crippen LogP contribution is 2.45. The molecular weight excluding hydrogens is 576 g/mol. The van der Waals surface area contributed by atoms with Crippen molar-refractivity contribution in [2.75, 3.05) is 52.4 Å². The van der Waals surface area contributed by atoms with E-state index >= 15 is 0 Å². The van der Waals surface area contributed by atoms with Gasteiger partial charge >= 0.3 is 0 Å². The van der Waals surface area contributed by atoms with Crippen LogP contribution in [0.4, 0.5) is 0 Å². The van der Waals surface area contributed by atoms with Gasteiger partial charge in [-0.3, -0.25) is 9.59 Å². The Labute approximate surface area is 270 Å². The fraction of sp³-hybridized carbons (Fsp3) is 0.316. The normalized spacial score (nSPS) is 16.2. The number of nitrogens with zero attached hydrogens (tertiary/aromatic N) is 2. The standard InChI is InChI=1S/C38H40N4O4/c43-37(35-27-11-1-5-15-31(27)45-32-16-6-2-12-28(32)35)39-19-9-21-41-23-25-42(26-24-41)22-10-20-40-38(44)36-29-13-3-7-17-33(29)46-34-18-8-4-14-30(34)36/h1-8,11-18,35-36H,9-10,19-26H2,(H,39,43)(H,40,44). The van der Waals surface area contributed by atoms with Gasteiger partial charge in [-0.15, -0.1) is 0 Å². The van der Waals surface area contributed by atoms with Crippen molar-refractivity contribution in [3.63, 3.8) is 0 Å². The molecule has 0 saturated carbocycles. The van der Waals surface area contributed by atoms with Crippen LogP contribution in [0.3, 0.4) is 0 Å². The molecule has 4 aromatic rings. The van der Waals surface area contributed by atoms with E-state index in [1.807, 2.05) is 97.1 Å². The highest BCUT2D eigenvalue weighted by Gasteiger charge is 2.33. The Morgan fingerprint density at radius 2 is 0.826 bits per heavy atom. The maximum Gasteiger partial charge on any atom is 0.232 e. The third kappa shape index (κ3) is 6.36. The monoisotopic (exact) mass is 616 g/mol. The van der Waals surface area contributed by atoms with Crippen molar-refractivity contribution in [2.45, 2.75) is 24.7 Å². The van der Waals surface area contributed by atoms with Gasteiger partial charge in [0.05, 0.1) is 11.8 Å². The van der Waals surface area contributed by atoms with Crippen molar-refractivity contribution in [1.29, 1.82) is 0 Å². The molecule has 0 unspecified atom stereocenters. The van der Waals surface area contributed by atoms with Crippen LogP contribution in [-0.2, 0) is 9.59 Å². The second-order valence-corrected chi connectivity index (χ2v) is 12.2. The van der Waals surface area contributed by atoms with Crippen molar-refractivity contribution in [1.82, 2.24) is 20.4 Å². The summed E-state index contributed by atoms with van der Waals surface area (Å²) in [5, 5.41) is 6.38. The maximum absolute atomic E-state index is 13.4. The molecule has 0 aromatic heterocycles. The van der Waals surface area contributed by atoms with E-state index < -0.39 is 0 Å². The lowest BCUT2D eigenvalue weighted by Gasteiger charge is -2.34.